The minimum absolute atomic E-state index is 0.411. The number of anilines is 1. The van der Waals surface area contributed by atoms with E-state index in [0.717, 1.165) is 34.9 Å². The van der Waals surface area contributed by atoms with E-state index in [-0.39, 0.29) is 0 Å². The maximum Gasteiger partial charge on any atom is 0.132 e. The van der Waals surface area contributed by atoms with Crippen LogP contribution < -0.4 is 10.1 Å². The van der Waals surface area contributed by atoms with E-state index in [1.807, 2.05) is 19.1 Å². The summed E-state index contributed by atoms with van der Waals surface area (Å²) in [5, 5.41) is 3.26. The Kier molecular flexibility index (Phi) is 3.54. The number of nitrogens with zero attached hydrogens (tertiary/aromatic N) is 2. The number of aromatic nitrogens is 2. The quantitative estimate of drug-likeness (QED) is 0.903. The molecule has 2 aromatic rings. The first-order chi connectivity index (χ1) is 9.78. The van der Waals surface area contributed by atoms with Crippen LogP contribution in [0.5, 0.6) is 5.75 Å². The molecule has 1 aliphatic rings. The Morgan fingerprint density at radius 3 is 2.90 bits per heavy atom. The molecule has 1 fully saturated rings. The van der Waals surface area contributed by atoms with Crippen LogP contribution in [0.25, 0.3) is 11.3 Å². The largest absolute Gasteiger partial charge is 0.490 e. The van der Waals surface area contributed by atoms with Crippen molar-refractivity contribution in [2.75, 3.05) is 11.9 Å². The highest BCUT2D eigenvalue weighted by Crippen LogP contribution is 2.31. The van der Waals surface area contributed by atoms with E-state index in [0.29, 0.717) is 6.10 Å². The molecule has 1 aromatic heterocycles. The molecule has 1 aliphatic carbocycles. The fourth-order valence-corrected chi connectivity index (χ4v) is 2.18. The summed E-state index contributed by atoms with van der Waals surface area (Å²) in [7, 11) is 0. The van der Waals surface area contributed by atoms with Gasteiger partial charge in [-0.05, 0) is 38.8 Å². The maximum atomic E-state index is 5.85. The summed E-state index contributed by atoms with van der Waals surface area (Å²) in [5.74, 6) is 1.82. The molecule has 0 atom stereocenters. The monoisotopic (exact) mass is 269 g/mol. The van der Waals surface area contributed by atoms with E-state index >= 15 is 0 Å². The first-order valence-corrected chi connectivity index (χ1v) is 7.10. The molecule has 0 aliphatic heterocycles. The zero-order valence-corrected chi connectivity index (χ0v) is 11.9. The Balaban J connectivity index is 1.93. The zero-order chi connectivity index (χ0) is 13.9. The van der Waals surface area contributed by atoms with Gasteiger partial charge >= 0.3 is 0 Å². The van der Waals surface area contributed by atoms with Gasteiger partial charge in [0.2, 0.25) is 0 Å². The van der Waals surface area contributed by atoms with Gasteiger partial charge in [-0.15, -0.1) is 0 Å². The van der Waals surface area contributed by atoms with Gasteiger partial charge < -0.3 is 10.1 Å². The Hall–Kier alpha value is -2.10. The summed E-state index contributed by atoms with van der Waals surface area (Å²) in [6, 6.07) is 8.14. The second-order valence-corrected chi connectivity index (χ2v) is 5.07. The van der Waals surface area contributed by atoms with Gasteiger partial charge in [-0.25, -0.2) is 9.97 Å². The van der Waals surface area contributed by atoms with Crippen molar-refractivity contribution in [3.63, 3.8) is 0 Å². The van der Waals surface area contributed by atoms with Crippen LogP contribution in [0.15, 0.2) is 30.6 Å². The van der Waals surface area contributed by atoms with Crippen molar-refractivity contribution in [1.29, 1.82) is 0 Å². The Morgan fingerprint density at radius 2 is 2.15 bits per heavy atom. The predicted molar refractivity (Wildman–Crippen MR) is 80.0 cm³/mol. The van der Waals surface area contributed by atoms with Crippen LogP contribution in [0.2, 0.25) is 0 Å². The second-order valence-electron chi connectivity index (χ2n) is 5.07. The van der Waals surface area contributed by atoms with E-state index in [1.54, 1.807) is 6.33 Å². The van der Waals surface area contributed by atoms with Crippen LogP contribution in [0.1, 0.15) is 25.3 Å². The molecule has 1 N–H and O–H groups in total. The maximum absolute atomic E-state index is 5.85. The standard InChI is InChI=1S/C16H19N3O/c1-3-17-16-11(2)15(18-10-19-16)12-5-4-6-14(9-12)20-13-7-8-13/h4-6,9-10,13H,3,7-8H2,1-2H3,(H,17,18,19). The Labute approximate surface area is 119 Å². The Morgan fingerprint density at radius 1 is 1.30 bits per heavy atom. The summed E-state index contributed by atoms with van der Waals surface area (Å²) in [5.41, 5.74) is 3.09. The summed E-state index contributed by atoms with van der Waals surface area (Å²) < 4.78 is 5.85. The number of nitrogens with one attached hydrogen (secondary N) is 1. The van der Waals surface area contributed by atoms with E-state index in [2.05, 4.69) is 34.3 Å². The average Bonchev–Trinajstić information content (AvgIpc) is 3.26. The summed E-state index contributed by atoms with van der Waals surface area (Å²) in [4.78, 5) is 8.70. The first kappa shape index (κ1) is 12.9. The van der Waals surface area contributed by atoms with Crippen molar-refractivity contribution in [2.45, 2.75) is 32.8 Å². The minimum Gasteiger partial charge on any atom is -0.490 e. The van der Waals surface area contributed by atoms with E-state index in [4.69, 9.17) is 4.74 Å². The first-order valence-electron chi connectivity index (χ1n) is 7.10. The fourth-order valence-electron chi connectivity index (χ4n) is 2.18. The van der Waals surface area contributed by atoms with Crippen molar-refractivity contribution < 1.29 is 4.74 Å². The van der Waals surface area contributed by atoms with Gasteiger partial charge in [0.05, 0.1) is 11.8 Å². The molecule has 0 spiro atoms. The van der Waals surface area contributed by atoms with Crippen LogP contribution in [-0.2, 0) is 0 Å². The summed E-state index contributed by atoms with van der Waals surface area (Å²) in [6.07, 6.45) is 4.35. The lowest BCUT2D eigenvalue weighted by Crippen LogP contribution is -2.04. The van der Waals surface area contributed by atoms with Crippen molar-refractivity contribution in [3.8, 4) is 17.0 Å². The lowest BCUT2D eigenvalue weighted by Gasteiger charge is -2.11. The smallest absolute Gasteiger partial charge is 0.132 e. The molecular formula is C16H19N3O. The molecule has 3 rings (SSSR count). The molecule has 1 saturated carbocycles. The van der Waals surface area contributed by atoms with E-state index in [9.17, 15) is 0 Å². The third-order valence-electron chi connectivity index (χ3n) is 3.36. The SMILES string of the molecule is CCNc1ncnc(-c2cccc(OC3CC3)c2)c1C. The van der Waals surface area contributed by atoms with Crippen molar-refractivity contribution >= 4 is 5.82 Å². The van der Waals surface area contributed by atoms with Gasteiger partial charge in [-0.2, -0.15) is 0 Å². The van der Waals surface area contributed by atoms with Gasteiger partial charge in [0.15, 0.2) is 0 Å². The lowest BCUT2D eigenvalue weighted by atomic mass is 10.1. The molecular weight excluding hydrogens is 250 g/mol. The molecule has 0 bridgehead atoms. The van der Waals surface area contributed by atoms with Gasteiger partial charge in [0.1, 0.15) is 17.9 Å². The van der Waals surface area contributed by atoms with Crippen LogP contribution in [0.4, 0.5) is 5.82 Å². The molecule has 1 aromatic carbocycles. The van der Waals surface area contributed by atoms with Crippen molar-refractivity contribution in [3.05, 3.63) is 36.2 Å². The molecule has 1 heterocycles. The van der Waals surface area contributed by atoms with E-state index < -0.39 is 0 Å². The van der Waals surface area contributed by atoms with Crippen molar-refractivity contribution in [2.24, 2.45) is 0 Å². The number of hydrogen-bond donors (Lipinski definition) is 1. The van der Waals surface area contributed by atoms with Crippen molar-refractivity contribution in [1.82, 2.24) is 9.97 Å². The lowest BCUT2D eigenvalue weighted by molar-refractivity contribution is 0.303. The summed E-state index contributed by atoms with van der Waals surface area (Å²) in [6.45, 7) is 4.95. The van der Waals surface area contributed by atoms with Gasteiger partial charge in [-0.1, -0.05) is 12.1 Å². The van der Waals surface area contributed by atoms with E-state index in [1.165, 1.54) is 12.8 Å². The highest BCUT2D eigenvalue weighted by atomic mass is 16.5. The second kappa shape index (κ2) is 5.49. The topological polar surface area (TPSA) is 47.0 Å². The van der Waals surface area contributed by atoms with Crippen LogP contribution in [0.3, 0.4) is 0 Å². The van der Waals surface area contributed by atoms with Crippen LogP contribution in [0, 0.1) is 6.92 Å². The van der Waals surface area contributed by atoms with Crippen LogP contribution in [-0.4, -0.2) is 22.6 Å². The number of rotatable bonds is 5. The summed E-state index contributed by atoms with van der Waals surface area (Å²) >= 11 is 0. The number of hydrogen-bond acceptors (Lipinski definition) is 4. The molecule has 4 nitrogen and oxygen atoms in total. The molecule has 0 unspecified atom stereocenters. The highest BCUT2D eigenvalue weighted by molar-refractivity contribution is 5.68. The third kappa shape index (κ3) is 2.74. The molecule has 104 valence electrons. The van der Waals surface area contributed by atoms with Gasteiger partial charge in [-0.3, -0.25) is 0 Å². The van der Waals surface area contributed by atoms with Crippen LogP contribution >= 0.6 is 0 Å². The van der Waals surface area contributed by atoms with Gasteiger partial charge in [0, 0.05) is 17.7 Å². The van der Waals surface area contributed by atoms with Gasteiger partial charge in [0.25, 0.3) is 0 Å². The normalized spacial score (nSPS) is 14.1. The average molecular weight is 269 g/mol. The fraction of sp³-hybridized carbons (Fsp3) is 0.375. The molecule has 0 saturated heterocycles. The molecule has 0 amide bonds. The number of ether oxygens (including phenoxy) is 1. The minimum atomic E-state index is 0.411. The predicted octanol–water partition coefficient (Wildman–Crippen LogP) is 3.43. The molecule has 0 radical (unpaired) electrons. The highest BCUT2D eigenvalue weighted by Gasteiger charge is 2.23. The molecule has 20 heavy (non-hydrogen) atoms. The zero-order valence-electron chi connectivity index (χ0n) is 11.9. The molecule has 4 heteroatoms. The third-order valence-corrected chi connectivity index (χ3v) is 3.36. The number of benzene rings is 1. The Bertz CT molecular complexity index is 608.